The van der Waals surface area contributed by atoms with Crippen LogP contribution >= 0.6 is 0 Å². The quantitative estimate of drug-likeness (QED) is 0.593. The zero-order chi connectivity index (χ0) is 16.7. The van der Waals surface area contributed by atoms with Gasteiger partial charge in [0.25, 0.3) is 5.91 Å². The van der Waals surface area contributed by atoms with Crippen LogP contribution in [0.4, 0.5) is 0 Å². The summed E-state index contributed by atoms with van der Waals surface area (Å²) in [6.07, 6.45) is 4.04. The number of likely N-dealkylation sites (N-methyl/N-ethyl adjacent to an activating group) is 2. The van der Waals surface area contributed by atoms with Crippen molar-refractivity contribution >= 4 is 12.2 Å². The van der Waals surface area contributed by atoms with Crippen LogP contribution in [0.15, 0.2) is 43.1 Å². The zero-order valence-corrected chi connectivity index (χ0v) is 13.6. The van der Waals surface area contributed by atoms with E-state index in [0.717, 1.165) is 24.1 Å². The first-order chi connectivity index (χ1) is 10.5. The Labute approximate surface area is 132 Å². The molecule has 0 aliphatic carbocycles. The van der Waals surface area contributed by atoms with Gasteiger partial charge in [-0.05, 0) is 25.8 Å². The molecule has 1 rings (SSSR count). The van der Waals surface area contributed by atoms with E-state index in [0.29, 0.717) is 17.4 Å². The molecule has 1 atom stereocenters. The van der Waals surface area contributed by atoms with Gasteiger partial charge in [-0.3, -0.25) is 9.59 Å². The van der Waals surface area contributed by atoms with E-state index in [1.54, 1.807) is 31.1 Å². The highest BCUT2D eigenvalue weighted by Crippen LogP contribution is 2.18. The van der Waals surface area contributed by atoms with Gasteiger partial charge in [0.05, 0.1) is 11.6 Å². The van der Waals surface area contributed by atoms with E-state index in [4.69, 9.17) is 0 Å². The lowest BCUT2D eigenvalue weighted by molar-refractivity contribution is 0.0742. The summed E-state index contributed by atoms with van der Waals surface area (Å²) in [5.41, 5.74) is 2.53. The van der Waals surface area contributed by atoms with Crippen molar-refractivity contribution in [3.8, 4) is 0 Å². The van der Waals surface area contributed by atoms with Crippen molar-refractivity contribution in [2.24, 2.45) is 0 Å². The number of hydrogen-bond donors (Lipinski definition) is 1. The van der Waals surface area contributed by atoms with Crippen LogP contribution in [-0.2, 0) is 0 Å². The number of aryl methyl sites for hydroxylation is 1. The molecule has 0 radical (unpaired) electrons. The second kappa shape index (κ2) is 8.17. The van der Waals surface area contributed by atoms with Gasteiger partial charge < -0.3 is 10.2 Å². The molecule has 118 valence electrons. The first kappa shape index (κ1) is 17.7. The highest BCUT2D eigenvalue weighted by molar-refractivity contribution is 6.01. The summed E-state index contributed by atoms with van der Waals surface area (Å²) in [6.45, 7) is 9.59. The molecule has 22 heavy (non-hydrogen) atoms. The Bertz CT molecular complexity index is 578. The van der Waals surface area contributed by atoms with Gasteiger partial charge in [-0.25, -0.2) is 0 Å². The molecule has 4 nitrogen and oxygen atoms in total. The third-order valence-electron chi connectivity index (χ3n) is 3.72. The minimum Gasteiger partial charge on any atom is -0.390 e. The summed E-state index contributed by atoms with van der Waals surface area (Å²) in [6, 6.07) is 5.09. The van der Waals surface area contributed by atoms with Crippen molar-refractivity contribution in [3.63, 3.8) is 0 Å². The maximum absolute atomic E-state index is 12.8. The molecular weight excluding hydrogens is 276 g/mol. The van der Waals surface area contributed by atoms with Gasteiger partial charge in [0.1, 0.15) is 0 Å². The third-order valence-corrected chi connectivity index (χ3v) is 3.72. The van der Waals surface area contributed by atoms with E-state index in [2.05, 4.69) is 18.5 Å². The van der Waals surface area contributed by atoms with Gasteiger partial charge in [-0.2, -0.15) is 0 Å². The Morgan fingerprint density at radius 1 is 1.45 bits per heavy atom. The smallest absolute Gasteiger partial charge is 0.254 e. The fourth-order valence-electron chi connectivity index (χ4n) is 2.33. The number of allylic oxidation sites excluding steroid dienone is 1. The molecule has 4 heteroatoms. The van der Waals surface area contributed by atoms with Crippen LogP contribution in [0.3, 0.4) is 0 Å². The molecular formula is C18H24N2O2. The number of amides is 1. The number of hydrogen-bond acceptors (Lipinski definition) is 3. The second-order valence-electron chi connectivity index (χ2n) is 5.28. The first-order valence-electron chi connectivity index (χ1n) is 7.26. The third kappa shape index (κ3) is 4.07. The molecule has 0 aliphatic heterocycles. The molecule has 0 spiro atoms. The fraction of sp³-hybridized carbons (Fsp3) is 0.333. The largest absolute Gasteiger partial charge is 0.390 e. The van der Waals surface area contributed by atoms with E-state index in [1.165, 1.54) is 0 Å². The molecule has 0 aliphatic rings. The number of nitrogens with zero attached hydrogens (tertiary/aromatic N) is 1. The maximum atomic E-state index is 12.8. The van der Waals surface area contributed by atoms with Crippen LogP contribution < -0.4 is 5.32 Å². The van der Waals surface area contributed by atoms with Crippen molar-refractivity contribution in [2.45, 2.75) is 25.8 Å². The SMILES string of the molecule is C=CCCC(C(=C)NC)N(C)C(=O)c1cc(C)ccc1C=O. The van der Waals surface area contributed by atoms with E-state index in [1.807, 2.05) is 19.1 Å². The minimum absolute atomic E-state index is 0.157. The molecule has 1 unspecified atom stereocenters. The van der Waals surface area contributed by atoms with E-state index < -0.39 is 0 Å². The molecule has 1 aromatic carbocycles. The normalized spacial score (nSPS) is 11.4. The highest BCUT2D eigenvalue weighted by Gasteiger charge is 2.24. The molecule has 0 fully saturated rings. The Kier molecular flexibility index (Phi) is 6.57. The molecule has 0 aromatic heterocycles. The summed E-state index contributed by atoms with van der Waals surface area (Å²) in [5.74, 6) is -0.184. The Balaban J connectivity index is 3.12. The summed E-state index contributed by atoms with van der Waals surface area (Å²) >= 11 is 0. The summed E-state index contributed by atoms with van der Waals surface area (Å²) in [7, 11) is 3.51. The van der Waals surface area contributed by atoms with Gasteiger partial charge in [0.2, 0.25) is 0 Å². The number of nitrogens with one attached hydrogen (secondary N) is 1. The lowest BCUT2D eigenvalue weighted by Crippen LogP contribution is -2.41. The minimum atomic E-state index is -0.184. The van der Waals surface area contributed by atoms with Gasteiger partial charge in [0.15, 0.2) is 6.29 Å². The van der Waals surface area contributed by atoms with Crippen molar-refractivity contribution in [1.82, 2.24) is 10.2 Å². The van der Waals surface area contributed by atoms with E-state index in [-0.39, 0.29) is 11.9 Å². The summed E-state index contributed by atoms with van der Waals surface area (Å²) in [5, 5.41) is 3.01. The molecule has 1 N–H and O–H groups in total. The van der Waals surface area contributed by atoms with Crippen molar-refractivity contribution in [3.05, 3.63) is 59.8 Å². The lowest BCUT2D eigenvalue weighted by Gasteiger charge is -2.30. The molecule has 0 saturated carbocycles. The Morgan fingerprint density at radius 3 is 2.68 bits per heavy atom. The lowest BCUT2D eigenvalue weighted by atomic mass is 10.0. The van der Waals surface area contributed by atoms with Crippen molar-refractivity contribution in [2.75, 3.05) is 14.1 Å². The van der Waals surface area contributed by atoms with E-state index >= 15 is 0 Å². The molecule has 0 bridgehead atoms. The number of benzene rings is 1. The fourth-order valence-corrected chi connectivity index (χ4v) is 2.33. The van der Waals surface area contributed by atoms with Crippen LogP contribution in [0, 0.1) is 6.92 Å². The van der Waals surface area contributed by atoms with E-state index in [9.17, 15) is 9.59 Å². The monoisotopic (exact) mass is 300 g/mol. The van der Waals surface area contributed by atoms with Crippen LogP contribution in [0.25, 0.3) is 0 Å². The summed E-state index contributed by atoms with van der Waals surface area (Å²) < 4.78 is 0. The number of aldehydes is 1. The molecule has 1 aromatic rings. The van der Waals surface area contributed by atoms with Gasteiger partial charge >= 0.3 is 0 Å². The van der Waals surface area contributed by atoms with Crippen LogP contribution in [0.2, 0.25) is 0 Å². The maximum Gasteiger partial charge on any atom is 0.254 e. The topological polar surface area (TPSA) is 49.4 Å². The van der Waals surface area contributed by atoms with Crippen molar-refractivity contribution < 1.29 is 9.59 Å². The number of carbonyl (C=O) groups excluding carboxylic acids is 2. The highest BCUT2D eigenvalue weighted by atomic mass is 16.2. The molecule has 0 saturated heterocycles. The predicted molar refractivity (Wildman–Crippen MR) is 90.1 cm³/mol. The standard InChI is InChI=1S/C18H24N2O2/c1-6-7-8-17(14(3)19-4)20(5)18(22)16-11-13(2)9-10-15(16)12-21/h6,9-12,17,19H,1,3,7-8H2,2,4-5H3. The molecule has 0 heterocycles. The Hall–Kier alpha value is -2.36. The predicted octanol–water partition coefficient (Wildman–Crippen LogP) is 2.95. The van der Waals surface area contributed by atoms with Crippen LogP contribution in [-0.4, -0.2) is 37.2 Å². The zero-order valence-electron chi connectivity index (χ0n) is 13.6. The average molecular weight is 300 g/mol. The number of carbonyl (C=O) groups is 2. The average Bonchev–Trinajstić information content (AvgIpc) is 2.53. The molecule has 1 amide bonds. The van der Waals surface area contributed by atoms with Gasteiger partial charge in [-0.1, -0.05) is 30.4 Å². The van der Waals surface area contributed by atoms with Gasteiger partial charge in [-0.15, -0.1) is 6.58 Å². The first-order valence-corrected chi connectivity index (χ1v) is 7.26. The summed E-state index contributed by atoms with van der Waals surface area (Å²) in [4.78, 5) is 25.6. The van der Waals surface area contributed by atoms with Crippen LogP contribution in [0.1, 0.15) is 39.1 Å². The number of rotatable bonds is 8. The van der Waals surface area contributed by atoms with Crippen LogP contribution in [0.5, 0.6) is 0 Å². The van der Waals surface area contributed by atoms with Crippen molar-refractivity contribution in [1.29, 1.82) is 0 Å². The second-order valence-corrected chi connectivity index (χ2v) is 5.28. The van der Waals surface area contributed by atoms with Gasteiger partial charge in [0, 0.05) is 25.4 Å². The Morgan fingerprint density at radius 2 is 2.14 bits per heavy atom.